The minimum atomic E-state index is -0.175. The molecule has 164 valence electrons. The number of hydrogen-bond acceptors (Lipinski definition) is 2. The highest BCUT2D eigenvalue weighted by Crippen LogP contribution is 2.68. The van der Waals surface area contributed by atoms with Crippen LogP contribution in [0.25, 0.3) is 0 Å². The maximum Gasteiger partial charge on any atom is 0.0897 e. The highest BCUT2D eigenvalue weighted by atomic mass is 32.1. The number of hydrogen-bond donors (Lipinski definition) is 1. The summed E-state index contributed by atoms with van der Waals surface area (Å²) < 4.78 is 13.4. The zero-order valence-electron chi connectivity index (χ0n) is 18.6. The van der Waals surface area contributed by atoms with E-state index in [4.69, 9.17) is 18.0 Å². The normalized spacial score (nSPS) is 41.8. The first-order chi connectivity index (χ1) is 14.3. The zero-order chi connectivity index (χ0) is 21.1. The van der Waals surface area contributed by atoms with Crippen molar-refractivity contribution in [3.63, 3.8) is 0 Å². The highest BCUT2D eigenvalue weighted by Gasteiger charge is 2.63. The van der Waals surface area contributed by atoms with Crippen molar-refractivity contribution in [1.82, 2.24) is 4.90 Å². The van der Waals surface area contributed by atoms with Gasteiger partial charge in [-0.05, 0) is 79.1 Å². The number of alkyl halides is 1. The van der Waals surface area contributed by atoms with Crippen molar-refractivity contribution >= 4 is 17.2 Å². The lowest BCUT2D eigenvalue weighted by molar-refractivity contribution is -0.0885. The molecule has 2 nitrogen and oxygen atoms in total. The first kappa shape index (κ1) is 20.9. The maximum atomic E-state index is 13.4. The van der Waals surface area contributed by atoms with Crippen molar-refractivity contribution in [2.45, 2.75) is 70.3 Å². The molecule has 0 aromatic heterocycles. The van der Waals surface area contributed by atoms with Crippen LogP contribution in [0.4, 0.5) is 4.39 Å². The molecule has 2 unspecified atom stereocenters. The lowest BCUT2D eigenvalue weighted by Gasteiger charge is -2.66. The summed E-state index contributed by atoms with van der Waals surface area (Å²) >= 11 is 6.32. The maximum absolute atomic E-state index is 13.4. The van der Waals surface area contributed by atoms with E-state index in [0.717, 1.165) is 25.9 Å². The topological polar surface area (TPSA) is 29.3 Å². The lowest BCUT2D eigenvalue weighted by atomic mass is 9.40. The van der Waals surface area contributed by atoms with Crippen molar-refractivity contribution in [3.8, 4) is 0 Å². The third kappa shape index (κ3) is 3.16. The number of rotatable bonds is 4. The van der Waals surface area contributed by atoms with Gasteiger partial charge in [-0.2, -0.15) is 0 Å². The van der Waals surface area contributed by atoms with Crippen LogP contribution < -0.4 is 5.73 Å². The van der Waals surface area contributed by atoms with Crippen molar-refractivity contribution < 1.29 is 4.39 Å². The van der Waals surface area contributed by atoms with Crippen LogP contribution in [0.5, 0.6) is 0 Å². The Hall–Kier alpha value is -1.00. The number of thiocarbonyl (C=S) groups is 1. The minimum absolute atomic E-state index is 0.0957. The molecule has 1 aromatic rings. The van der Waals surface area contributed by atoms with Crippen LogP contribution in [0, 0.1) is 28.6 Å². The second-order valence-corrected chi connectivity index (χ2v) is 12.1. The monoisotopic (exact) mass is 428 g/mol. The van der Waals surface area contributed by atoms with E-state index in [2.05, 4.69) is 49.1 Å². The molecule has 1 heterocycles. The summed E-state index contributed by atoms with van der Waals surface area (Å²) in [6.07, 6.45) is 7.73. The SMILES string of the molecule is CC1(C)CN(C(=S)C23CC4CC(c5ccccc5)(CC(C2)C4CCF)C3)CC[C@@H]1N. The smallest absolute Gasteiger partial charge is 0.0897 e. The summed E-state index contributed by atoms with van der Waals surface area (Å²) in [5.74, 6) is 1.77. The second kappa shape index (κ2) is 7.27. The fraction of sp³-hybridized carbons (Fsp3) is 0.731. The molecule has 1 aliphatic heterocycles. The summed E-state index contributed by atoms with van der Waals surface area (Å²) in [5.41, 5.74) is 8.35. The Morgan fingerprint density at radius 3 is 2.40 bits per heavy atom. The van der Waals surface area contributed by atoms with Crippen molar-refractivity contribution in [2.24, 2.45) is 34.3 Å². The molecule has 6 rings (SSSR count). The van der Waals surface area contributed by atoms with E-state index < -0.39 is 0 Å². The number of nitrogens with two attached hydrogens (primary N) is 1. The molecule has 2 N–H and O–H groups in total. The summed E-state index contributed by atoms with van der Waals surface area (Å²) in [6.45, 7) is 6.36. The van der Waals surface area contributed by atoms with Gasteiger partial charge in [-0.1, -0.05) is 56.4 Å². The van der Waals surface area contributed by atoms with Gasteiger partial charge in [0.25, 0.3) is 0 Å². The number of nitrogens with zero attached hydrogens (tertiary/aromatic N) is 1. The predicted molar refractivity (Wildman–Crippen MR) is 125 cm³/mol. The van der Waals surface area contributed by atoms with E-state index >= 15 is 0 Å². The molecule has 1 saturated heterocycles. The van der Waals surface area contributed by atoms with Crippen LogP contribution in [-0.4, -0.2) is 35.7 Å². The van der Waals surface area contributed by atoms with Gasteiger partial charge < -0.3 is 10.6 Å². The van der Waals surface area contributed by atoms with Crippen LogP contribution in [0.1, 0.15) is 64.4 Å². The fourth-order valence-corrected chi connectivity index (χ4v) is 8.50. The average molecular weight is 429 g/mol. The van der Waals surface area contributed by atoms with E-state index in [9.17, 15) is 4.39 Å². The van der Waals surface area contributed by atoms with Crippen molar-refractivity contribution in [1.29, 1.82) is 0 Å². The molecule has 4 aliphatic carbocycles. The first-order valence-electron chi connectivity index (χ1n) is 12.0. The van der Waals surface area contributed by atoms with Crippen LogP contribution >= 0.6 is 12.2 Å². The van der Waals surface area contributed by atoms with Gasteiger partial charge in [0.2, 0.25) is 0 Å². The predicted octanol–water partition coefficient (Wildman–Crippen LogP) is 5.50. The van der Waals surface area contributed by atoms with Crippen molar-refractivity contribution in [3.05, 3.63) is 35.9 Å². The second-order valence-electron chi connectivity index (χ2n) is 11.7. The summed E-state index contributed by atoms with van der Waals surface area (Å²) in [4.78, 5) is 3.71. The largest absolute Gasteiger partial charge is 0.365 e. The van der Waals surface area contributed by atoms with Gasteiger partial charge in [-0.15, -0.1) is 0 Å². The number of piperidine rings is 1. The Kier molecular flexibility index (Phi) is 5.06. The number of benzene rings is 1. The number of halogens is 1. The molecular weight excluding hydrogens is 391 g/mol. The zero-order valence-corrected chi connectivity index (χ0v) is 19.4. The molecule has 5 aliphatic rings. The summed E-state index contributed by atoms with van der Waals surface area (Å²) in [7, 11) is 0. The van der Waals surface area contributed by atoms with E-state index in [1.807, 2.05) is 0 Å². The third-order valence-electron chi connectivity index (χ3n) is 9.38. The Balaban J connectivity index is 1.49. The van der Waals surface area contributed by atoms with Gasteiger partial charge in [0.1, 0.15) is 0 Å². The van der Waals surface area contributed by atoms with E-state index in [1.54, 1.807) is 0 Å². The molecule has 30 heavy (non-hydrogen) atoms. The summed E-state index contributed by atoms with van der Waals surface area (Å²) in [5, 5.41) is 0. The Morgan fingerprint density at radius 2 is 1.80 bits per heavy atom. The van der Waals surface area contributed by atoms with E-state index in [-0.39, 0.29) is 29.0 Å². The molecule has 0 amide bonds. The highest BCUT2D eigenvalue weighted by molar-refractivity contribution is 7.80. The summed E-state index contributed by atoms with van der Waals surface area (Å²) in [6, 6.07) is 11.4. The van der Waals surface area contributed by atoms with Crippen molar-refractivity contribution in [2.75, 3.05) is 19.8 Å². The van der Waals surface area contributed by atoms with Gasteiger partial charge >= 0.3 is 0 Å². The van der Waals surface area contributed by atoms with Gasteiger partial charge in [-0.25, -0.2) is 0 Å². The van der Waals surface area contributed by atoms with Gasteiger partial charge in [0, 0.05) is 24.5 Å². The molecule has 4 heteroatoms. The third-order valence-corrected chi connectivity index (χ3v) is 10.1. The lowest BCUT2D eigenvalue weighted by Crippen LogP contribution is -2.64. The van der Waals surface area contributed by atoms with Crippen LogP contribution in [0.2, 0.25) is 0 Å². The first-order valence-corrected chi connectivity index (χ1v) is 12.4. The van der Waals surface area contributed by atoms with E-state index in [1.165, 1.54) is 42.7 Å². The van der Waals surface area contributed by atoms with Crippen LogP contribution in [0.3, 0.4) is 0 Å². The molecule has 4 bridgehead atoms. The standard InChI is InChI=1S/C26H37FN2S/c1-24(2)17-29(11-9-22(24)28)23(30)26-14-18-12-25(16-26,20-6-4-3-5-7-20)13-19(15-26)21(18)8-10-27/h3-7,18-19,21-22H,8-17,28H2,1-2H3/t18?,19?,21?,22-,25?,26?/m0/s1. The minimum Gasteiger partial charge on any atom is -0.365 e. The molecule has 4 saturated carbocycles. The van der Waals surface area contributed by atoms with Gasteiger partial charge in [0.15, 0.2) is 0 Å². The molecule has 3 atom stereocenters. The quantitative estimate of drug-likeness (QED) is 0.642. The van der Waals surface area contributed by atoms with Crippen LogP contribution in [0.15, 0.2) is 30.3 Å². The molecule has 0 radical (unpaired) electrons. The fourth-order valence-electron chi connectivity index (χ4n) is 8.11. The molecule has 0 spiro atoms. The van der Waals surface area contributed by atoms with E-state index in [0.29, 0.717) is 17.8 Å². The Morgan fingerprint density at radius 1 is 1.13 bits per heavy atom. The molecule has 1 aromatic carbocycles. The number of likely N-dealkylation sites (tertiary alicyclic amines) is 1. The van der Waals surface area contributed by atoms with Crippen LogP contribution in [-0.2, 0) is 5.41 Å². The average Bonchev–Trinajstić information content (AvgIpc) is 2.72. The van der Waals surface area contributed by atoms with Gasteiger partial charge in [0.05, 0.1) is 11.7 Å². The Bertz CT molecular complexity index is 791. The Labute approximate surface area is 186 Å². The molecule has 5 fully saturated rings. The molecular formula is C26H37FN2S. The van der Waals surface area contributed by atoms with Gasteiger partial charge in [-0.3, -0.25) is 4.39 Å².